The Labute approximate surface area is 158 Å². The largest absolute Gasteiger partial charge is 0.497 e. The van der Waals surface area contributed by atoms with E-state index < -0.39 is 0 Å². The van der Waals surface area contributed by atoms with Crippen LogP contribution in [0.2, 0.25) is 0 Å². The molecule has 0 saturated heterocycles. The van der Waals surface area contributed by atoms with Gasteiger partial charge in [0.15, 0.2) is 0 Å². The Morgan fingerprint density at radius 3 is 2.74 bits per heavy atom. The molecule has 0 saturated carbocycles. The molecule has 1 aromatic heterocycles. The van der Waals surface area contributed by atoms with Gasteiger partial charge in [-0.05, 0) is 43.3 Å². The molecule has 2 N–H and O–H groups in total. The summed E-state index contributed by atoms with van der Waals surface area (Å²) < 4.78 is 10.8. The summed E-state index contributed by atoms with van der Waals surface area (Å²) >= 11 is 0. The normalized spacial score (nSPS) is 10.1. The number of para-hydroxylation sites is 2. The van der Waals surface area contributed by atoms with Gasteiger partial charge in [-0.25, -0.2) is 4.98 Å². The Morgan fingerprint density at radius 2 is 1.93 bits per heavy atom. The molecule has 0 radical (unpaired) electrons. The Kier molecular flexibility index (Phi) is 5.89. The number of nitrogens with one attached hydrogen (secondary N) is 2. The summed E-state index contributed by atoms with van der Waals surface area (Å²) in [4.78, 5) is 16.8. The first-order chi connectivity index (χ1) is 13.2. The minimum absolute atomic E-state index is 0.230. The third-order valence-corrected chi connectivity index (χ3v) is 3.80. The molecule has 0 atom stereocenters. The molecule has 6 nitrogen and oxygen atoms in total. The van der Waals surface area contributed by atoms with Gasteiger partial charge in [-0.3, -0.25) is 4.79 Å². The Bertz CT molecular complexity index is 928. The number of aromatic nitrogens is 1. The van der Waals surface area contributed by atoms with Gasteiger partial charge in [0.2, 0.25) is 0 Å². The molecule has 0 aliphatic carbocycles. The number of amides is 1. The molecule has 0 unspecified atom stereocenters. The molecule has 3 aromatic rings. The quantitative estimate of drug-likeness (QED) is 0.647. The van der Waals surface area contributed by atoms with Crippen LogP contribution in [-0.4, -0.2) is 24.6 Å². The van der Waals surface area contributed by atoms with Crippen LogP contribution in [0, 0.1) is 0 Å². The summed E-state index contributed by atoms with van der Waals surface area (Å²) in [6.07, 6.45) is 1.59. The van der Waals surface area contributed by atoms with E-state index in [1.54, 1.807) is 37.6 Å². The van der Waals surface area contributed by atoms with Gasteiger partial charge in [-0.2, -0.15) is 0 Å². The number of pyridine rings is 1. The minimum atomic E-state index is -0.230. The average molecular weight is 363 g/mol. The van der Waals surface area contributed by atoms with Crippen molar-refractivity contribution < 1.29 is 14.3 Å². The maximum Gasteiger partial charge on any atom is 0.255 e. The van der Waals surface area contributed by atoms with Gasteiger partial charge in [-0.15, -0.1) is 0 Å². The molecular formula is C21H21N3O3. The standard InChI is InChI=1S/C21H21N3O3/c1-3-27-19-10-5-4-9-18(19)24-20-13-15(11-12-22-20)21(25)23-16-7-6-8-17(14-16)26-2/h4-14H,3H2,1-2H3,(H,22,24)(H,23,25). The number of hydrogen-bond acceptors (Lipinski definition) is 5. The topological polar surface area (TPSA) is 72.5 Å². The van der Waals surface area contributed by atoms with Crippen molar-refractivity contribution in [2.75, 3.05) is 24.4 Å². The van der Waals surface area contributed by atoms with Crippen LogP contribution in [-0.2, 0) is 0 Å². The summed E-state index contributed by atoms with van der Waals surface area (Å²) in [5.41, 5.74) is 1.94. The fourth-order valence-corrected chi connectivity index (χ4v) is 2.53. The molecule has 0 aliphatic rings. The second-order valence-corrected chi connectivity index (χ2v) is 5.67. The van der Waals surface area contributed by atoms with Crippen LogP contribution >= 0.6 is 0 Å². The minimum Gasteiger partial charge on any atom is -0.497 e. The van der Waals surface area contributed by atoms with E-state index in [0.717, 1.165) is 11.4 Å². The first kappa shape index (κ1) is 18.3. The summed E-state index contributed by atoms with van der Waals surface area (Å²) in [5.74, 6) is 1.73. The third kappa shape index (κ3) is 4.76. The average Bonchev–Trinajstić information content (AvgIpc) is 2.70. The van der Waals surface area contributed by atoms with E-state index in [-0.39, 0.29) is 5.91 Å². The molecule has 0 aliphatic heterocycles. The number of anilines is 3. The van der Waals surface area contributed by atoms with E-state index >= 15 is 0 Å². The highest BCUT2D eigenvalue weighted by molar-refractivity contribution is 6.04. The van der Waals surface area contributed by atoms with Crippen LogP contribution in [0.15, 0.2) is 66.9 Å². The van der Waals surface area contributed by atoms with Crippen LogP contribution in [0.25, 0.3) is 0 Å². The van der Waals surface area contributed by atoms with Gasteiger partial charge in [0, 0.05) is 23.5 Å². The Morgan fingerprint density at radius 1 is 1.07 bits per heavy atom. The highest BCUT2D eigenvalue weighted by Gasteiger charge is 2.09. The molecule has 1 heterocycles. The van der Waals surface area contributed by atoms with Gasteiger partial charge in [0.25, 0.3) is 5.91 Å². The van der Waals surface area contributed by atoms with Crippen molar-refractivity contribution in [2.24, 2.45) is 0 Å². The second-order valence-electron chi connectivity index (χ2n) is 5.67. The van der Waals surface area contributed by atoms with Crippen LogP contribution in [0.4, 0.5) is 17.2 Å². The lowest BCUT2D eigenvalue weighted by Gasteiger charge is -2.12. The van der Waals surface area contributed by atoms with Crippen molar-refractivity contribution in [3.63, 3.8) is 0 Å². The molecule has 0 bridgehead atoms. The molecular weight excluding hydrogens is 342 g/mol. The molecule has 138 valence electrons. The lowest BCUT2D eigenvalue weighted by Crippen LogP contribution is -2.12. The molecule has 1 amide bonds. The van der Waals surface area contributed by atoms with Crippen LogP contribution in [0.3, 0.4) is 0 Å². The lowest BCUT2D eigenvalue weighted by molar-refractivity contribution is 0.102. The van der Waals surface area contributed by atoms with Crippen LogP contribution in [0.5, 0.6) is 11.5 Å². The zero-order valence-electron chi connectivity index (χ0n) is 15.2. The number of methoxy groups -OCH3 is 1. The van der Waals surface area contributed by atoms with E-state index in [4.69, 9.17) is 9.47 Å². The SMILES string of the molecule is CCOc1ccccc1Nc1cc(C(=O)Nc2cccc(OC)c2)ccn1. The van der Waals surface area contributed by atoms with Crippen molar-refractivity contribution in [2.45, 2.75) is 6.92 Å². The van der Waals surface area contributed by atoms with Crippen molar-refractivity contribution in [3.05, 3.63) is 72.4 Å². The lowest BCUT2D eigenvalue weighted by atomic mass is 10.2. The van der Waals surface area contributed by atoms with Gasteiger partial charge in [0.1, 0.15) is 17.3 Å². The van der Waals surface area contributed by atoms with E-state index in [1.807, 2.05) is 43.3 Å². The first-order valence-electron chi connectivity index (χ1n) is 8.60. The van der Waals surface area contributed by atoms with Crippen molar-refractivity contribution in [1.82, 2.24) is 4.98 Å². The van der Waals surface area contributed by atoms with Crippen LogP contribution in [0.1, 0.15) is 17.3 Å². The fourth-order valence-electron chi connectivity index (χ4n) is 2.53. The summed E-state index contributed by atoms with van der Waals surface area (Å²) in [5, 5.41) is 6.06. The number of benzene rings is 2. The monoisotopic (exact) mass is 363 g/mol. The predicted octanol–water partition coefficient (Wildman–Crippen LogP) is 4.48. The van der Waals surface area contributed by atoms with Gasteiger partial charge in [-0.1, -0.05) is 18.2 Å². The zero-order valence-corrected chi connectivity index (χ0v) is 15.2. The van der Waals surface area contributed by atoms with E-state index in [2.05, 4.69) is 15.6 Å². The first-order valence-corrected chi connectivity index (χ1v) is 8.60. The number of ether oxygens (including phenoxy) is 2. The maximum absolute atomic E-state index is 12.6. The molecule has 3 rings (SSSR count). The fraction of sp³-hybridized carbons (Fsp3) is 0.143. The van der Waals surface area contributed by atoms with E-state index in [0.29, 0.717) is 29.4 Å². The Balaban J connectivity index is 1.76. The summed E-state index contributed by atoms with van der Waals surface area (Å²) in [7, 11) is 1.59. The summed E-state index contributed by atoms with van der Waals surface area (Å²) in [6, 6.07) is 18.1. The molecule has 27 heavy (non-hydrogen) atoms. The highest BCUT2D eigenvalue weighted by Crippen LogP contribution is 2.27. The number of nitrogens with zero attached hydrogens (tertiary/aromatic N) is 1. The van der Waals surface area contributed by atoms with Crippen molar-refractivity contribution >= 4 is 23.1 Å². The van der Waals surface area contributed by atoms with E-state index in [1.165, 1.54) is 0 Å². The number of rotatable bonds is 7. The number of carbonyl (C=O) groups is 1. The molecule has 2 aromatic carbocycles. The molecule has 6 heteroatoms. The van der Waals surface area contributed by atoms with Crippen molar-refractivity contribution in [3.8, 4) is 11.5 Å². The number of carbonyl (C=O) groups excluding carboxylic acids is 1. The van der Waals surface area contributed by atoms with Gasteiger partial charge in [0.05, 0.1) is 19.4 Å². The van der Waals surface area contributed by atoms with Crippen molar-refractivity contribution in [1.29, 1.82) is 0 Å². The molecule has 0 fully saturated rings. The predicted molar refractivity (Wildman–Crippen MR) is 106 cm³/mol. The number of hydrogen-bond donors (Lipinski definition) is 2. The zero-order chi connectivity index (χ0) is 19.1. The smallest absolute Gasteiger partial charge is 0.255 e. The highest BCUT2D eigenvalue weighted by atomic mass is 16.5. The maximum atomic E-state index is 12.6. The van der Waals surface area contributed by atoms with E-state index in [9.17, 15) is 4.79 Å². The van der Waals surface area contributed by atoms with Gasteiger partial charge < -0.3 is 20.1 Å². The third-order valence-electron chi connectivity index (χ3n) is 3.80. The Hall–Kier alpha value is -3.54. The molecule has 0 spiro atoms. The second kappa shape index (κ2) is 8.71. The van der Waals surface area contributed by atoms with Crippen LogP contribution < -0.4 is 20.1 Å². The van der Waals surface area contributed by atoms with Gasteiger partial charge >= 0.3 is 0 Å². The summed E-state index contributed by atoms with van der Waals surface area (Å²) in [6.45, 7) is 2.49.